The molecule has 4 N–H and O–H groups in total. The largest absolute Gasteiger partial charge is 0.493 e. The van der Waals surface area contributed by atoms with Gasteiger partial charge < -0.3 is 20.8 Å². The van der Waals surface area contributed by atoms with Crippen LogP contribution in [0.4, 0.5) is 4.39 Å². The number of amides is 1. The van der Waals surface area contributed by atoms with Gasteiger partial charge in [-0.25, -0.2) is 9.37 Å². The predicted octanol–water partition coefficient (Wildman–Crippen LogP) is 3.51. The fraction of sp³-hybridized carbons (Fsp3) is 0.167. The molecule has 8 nitrogen and oxygen atoms in total. The zero-order chi connectivity index (χ0) is 24.0. The van der Waals surface area contributed by atoms with Gasteiger partial charge in [-0.15, -0.1) is 0 Å². The minimum Gasteiger partial charge on any atom is -0.493 e. The average molecular weight is 450 g/mol. The number of nitrogens with zero attached hydrogens (tertiary/aromatic N) is 2. The topological polar surface area (TPSA) is 124 Å². The first-order valence-corrected chi connectivity index (χ1v) is 10.1. The molecule has 1 amide bonds. The number of aromatic nitrogens is 2. The molecule has 3 rings (SSSR count). The molecule has 0 aliphatic heterocycles. The van der Waals surface area contributed by atoms with Gasteiger partial charge in [-0.05, 0) is 35.7 Å². The molecule has 2 aromatic carbocycles. The standard InChI is InChI=1S/C24H23FN4O4/c1-14(16-3-5-17(6-4-16)18-7-9-19(25)10-8-18)28-15(2)20-13-27-22(29-23(20)32)24(33)26-12-11-21(30)31/h3-10,13-14,28H,2,11-12H2,1H3,(H,26,33)(H,30,31)(H,27,29,32). The van der Waals surface area contributed by atoms with Crippen LogP contribution in [0.5, 0.6) is 5.88 Å². The second kappa shape index (κ2) is 10.4. The van der Waals surface area contributed by atoms with E-state index in [0.717, 1.165) is 16.7 Å². The highest BCUT2D eigenvalue weighted by atomic mass is 19.1. The summed E-state index contributed by atoms with van der Waals surface area (Å²) in [4.78, 5) is 30.2. The molecule has 0 radical (unpaired) electrons. The van der Waals surface area contributed by atoms with Crippen molar-refractivity contribution in [3.8, 4) is 17.0 Å². The number of aromatic hydroxyl groups is 1. The SMILES string of the molecule is C=C(NC(C)c1ccc(-c2ccc(F)cc2)cc1)c1cnc(C(=O)NCCC(=O)O)nc1O. The lowest BCUT2D eigenvalue weighted by atomic mass is 10.0. The second-order valence-corrected chi connectivity index (χ2v) is 7.30. The molecule has 9 heteroatoms. The van der Waals surface area contributed by atoms with Crippen LogP contribution in [0.1, 0.15) is 41.1 Å². The zero-order valence-electron chi connectivity index (χ0n) is 17.9. The third-order valence-electron chi connectivity index (χ3n) is 4.90. The first-order valence-electron chi connectivity index (χ1n) is 10.1. The molecule has 0 aliphatic rings. The van der Waals surface area contributed by atoms with Crippen LogP contribution in [0.3, 0.4) is 0 Å². The molecule has 170 valence electrons. The van der Waals surface area contributed by atoms with Crippen molar-refractivity contribution >= 4 is 17.6 Å². The molecule has 3 aromatic rings. The third kappa shape index (κ3) is 6.13. The van der Waals surface area contributed by atoms with E-state index in [1.807, 2.05) is 31.2 Å². The number of carbonyl (C=O) groups is 2. The second-order valence-electron chi connectivity index (χ2n) is 7.30. The molecule has 0 fully saturated rings. The van der Waals surface area contributed by atoms with E-state index in [1.165, 1.54) is 18.3 Å². The Bertz CT molecular complexity index is 1160. The van der Waals surface area contributed by atoms with Crippen molar-refractivity contribution in [2.45, 2.75) is 19.4 Å². The molecule has 0 bridgehead atoms. The highest BCUT2D eigenvalue weighted by Crippen LogP contribution is 2.25. The van der Waals surface area contributed by atoms with E-state index >= 15 is 0 Å². The maximum Gasteiger partial charge on any atom is 0.305 e. The van der Waals surface area contributed by atoms with Gasteiger partial charge in [-0.1, -0.05) is 43.0 Å². The molecule has 33 heavy (non-hydrogen) atoms. The Morgan fingerprint density at radius 1 is 1.09 bits per heavy atom. The molecule has 1 heterocycles. The predicted molar refractivity (Wildman–Crippen MR) is 121 cm³/mol. The lowest BCUT2D eigenvalue weighted by molar-refractivity contribution is -0.136. The fourth-order valence-corrected chi connectivity index (χ4v) is 3.09. The summed E-state index contributed by atoms with van der Waals surface area (Å²) >= 11 is 0. The van der Waals surface area contributed by atoms with Crippen LogP contribution in [-0.2, 0) is 4.79 Å². The van der Waals surface area contributed by atoms with E-state index in [-0.39, 0.29) is 36.2 Å². The average Bonchev–Trinajstić information content (AvgIpc) is 2.79. The zero-order valence-corrected chi connectivity index (χ0v) is 17.9. The van der Waals surface area contributed by atoms with Crippen LogP contribution in [0.25, 0.3) is 16.8 Å². The van der Waals surface area contributed by atoms with Crippen LogP contribution in [-0.4, -0.2) is 38.6 Å². The van der Waals surface area contributed by atoms with E-state index in [2.05, 4.69) is 27.2 Å². The summed E-state index contributed by atoms with van der Waals surface area (Å²) in [6, 6.07) is 13.8. The van der Waals surface area contributed by atoms with Crippen molar-refractivity contribution < 1.29 is 24.2 Å². The Morgan fingerprint density at radius 2 is 1.70 bits per heavy atom. The minimum absolute atomic E-state index is 0.0776. The van der Waals surface area contributed by atoms with E-state index < -0.39 is 17.8 Å². The van der Waals surface area contributed by atoms with Crippen LogP contribution >= 0.6 is 0 Å². The summed E-state index contributed by atoms with van der Waals surface area (Å²) in [6.07, 6.45) is 1.04. The van der Waals surface area contributed by atoms with Gasteiger partial charge in [0.1, 0.15) is 5.82 Å². The summed E-state index contributed by atoms with van der Waals surface area (Å²) in [7, 11) is 0. The Balaban J connectivity index is 1.63. The molecule has 1 atom stereocenters. The van der Waals surface area contributed by atoms with Gasteiger partial charge in [0.25, 0.3) is 5.91 Å². The maximum absolute atomic E-state index is 13.1. The van der Waals surface area contributed by atoms with Gasteiger partial charge in [-0.3, -0.25) is 9.59 Å². The third-order valence-corrected chi connectivity index (χ3v) is 4.90. The first kappa shape index (κ1) is 23.4. The van der Waals surface area contributed by atoms with Gasteiger partial charge in [0, 0.05) is 24.5 Å². The molecular formula is C24H23FN4O4. The fourth-order valence-electron chi connectivity index (χ4n) is 3.09. The molecule has 1 aromatic heterocycles. The van der Waals surface area contributed by atoms with Gasteiger partial charge in [0.15, 0.2) is 0 Å². The van der Waals surface area contributed by atoms with Crippen LogP contribution in [0.2, 0.25) is 0 Å². The van der Waals surface area contributed by atoms with Gasteiger partial charge in [0.2, 0.25) is 11.7 Å². The molecule has 0 aliphatic carbocycles. The molecular weight excluding hydrogens is 427 g/mol. The lowest BCUT2D eigenvalue weighted by Gasteiger charge is -2.18. The van der Waals surface area contributed by atoms with E-state index in [0.29, 0.717) is 5.70 Å². The number of rotatable bonds is 9. The summed E-state index contributed by atoms with van der Waals surface area (Å²) in [5.41, 5.74) is 3.40. The van der Waals surface area contributed by atoms with E-state index in [9.17, 15) is 19.1 Å². The Kier molecular flexibility index (Phi) is 7.34. The van der Waals surface area contributed by atoms with E-state index in [4.69, 9.17) is 5.11 Å². The van der Waals surface area contributed by atoms with Crippen molar-refractivity contribution in [3.63, 3.8) is 0 Å². The van der Waals surface area contributed by atoms with Crippen molar-refractivity contribution in [3.05, 3.63) is 84.1 Å². The van der Waals surface area contributed by atoms with Gasteiger partial charge in [0.05, 0.1) is 12.0 Å². The smallest absolute Gasteiger partial charge is 0.305 e. The van der Waals surface area contributed by atoms with Crippen LogP contribution < -0.4 is 10.6 Å². The quantitative estimate of drug-likeness (QED) is 0.393. The molecule has 0 saturated carbocycles. The molecule has 0 saturated heterocycles. The maximum atomic E-state index is 13.1. The number of nitrogens with one attached hydrogen (secondary N) is 2. The van der Waals surface area contributed by atoms with Crippen molar-refractivity contribution in [2.75, 3.05) is 6.54 Å². The van der Waals surface area contributed by atoms with E-state index in [1.54, 1.807) is 12.1 Å². The van der Waals surface area contributed by atoms with Crippen molar-refractivity contribution in [1.29, 1.82) is 0 Å². The molecule has 1 unspecified atom stereocenters. The van der Waals surface area contributed by atoms with Crippen LogP contribution in [0.15, 0.2) is 61.3 Å². The number of carboxylic acids is 1. The monoisotopic (exact) mass is 450 g/mol. The summed E-state index contributed by atoms with van der Waals surface area (Å²) < 4.78 is 13.1. The number of halogens is 1. The number of hydrogen-bond donors (Lipinski definition) is 4. The minimum atomic E-state index is -1.05. The Hall–Kier alpha value is -4.27. The normalized spacial score (nSPS) is 11.5. The highest BCUT2D eigenvalue weighted by molar-refractivity contribution is 5.91. The van der Waals surface area contributed by atoms with Gasteiger partial charge in [-0.2, -0.15) is 4.98 Å². The number of hydrogen-bond acceptors (Lipinski definition) is 6. The number of benzene rings is 2. The first-order chi connectivity index (χ1) is 15.7. The summed E-state index contributed by atoms with van der Waals surface area (Å²) in [5, 5.41) is 24.4. The van der Waals surface area contributed by atoms with Crippen molar-refractivity contribution in [1.82, 2.24) is 20.6 Å². The number of carbonyl (C=O) groups excluding carboxylic acids is 1. The van der Waals surface area contributed by atoms with Gasteiger partial charge >= 0.3 is 5.97 Å². The summed E-state index contributed by atoms with van der Waals surface area (Å²) in [6.45, 7) is 5.76. The van der Waals surface area contributed by atoms with Crippen LogP contribution in [0, 0.1) is 5.82 Å². The number of carboxylic acid groups (broad SMARTS) is 1. The number of aliphatic carboxylic acids is 1. The summed E-state index contributed by atoms with van der Waals surface area (Å²) in [5.74, 6) is -2.73. The Labute approximate surface area is 189 Å². The molecule has 0 spiro atoms. The van der Waals surface area contributed by atoms with Crippen molar-refractivity contribution in [2.24, 2.45) is 0 Å². The highest BCUT2D eigenvalue weighted by Gasteiger charge is 2.16. The lowest BCUT2D eigenvalue weighted by Crippen LogP contribution is -2.28. The Morgan fingerprint density at radius 3 is 2.27 bits per heavy atom.